The Balaban J connectivity index is 2.14. The number of rotatable bonds is 2. The van der Waals surface area contributed by atoms with Crippen molar-refractivity contribution in [3.8, 4) is 0 Å². The van der Waals surface area contributed by atoms with Crippen molar-refractivity contribution < 1.29 is 9.18 Å². The SMILES string of the molecule is O=C(N[C@H]1C=CCCC1)c1c(F)cccc1I. The van der Waals surface area contributed by atoms with Crippen LogP contribution in [0.25, 0.3) is 0 Å². The molecule has 0 radical (unpaired) electrons. The van der Waals surface area contributed by atoms with E-state index < -0.39 is 5.82 Å². The Morgan fingerprint density at radius 2 is 2.29 bits per heavy atom. The predicted octanol–water partition coefficient (Wildman–Crippen LogP) is 3.27. The molecule has 0 spiro atoms. The summed E-state index contributed by atoms with van der Waals surface area (Å²) < 4.78 is 14.2. The summed E-state index contributed by atoms with van der Waals surface area (Å²) in [5, 5.41) is 2.85. The van der Waals surface area contributed by atoms with Crippen molar-refractivity contribution >= 4 is 28.5 Å². The van der Waals surface area contributed by atoms with E-state index in [2.05, 4.69) is 11.4 Å². The van der Waals surface area contributed by atoms with E-state index >= 15 is 0 Å². The van der Waals surface area contributed by atoms with E-state index in [1.54, 1.807) is 12.1 Å². The highest BCUT2D eigenvalue weighted by molar-refractivity contribution is 14.1. The molecule has 0 aromatic heterocycles. The van der Waals surface area contributed by atoms with Crippen molar-refractivity contribution in [3.63, 3.8) is 0 Å². The Morgan fingerprint density at radius 3 is 2.94 bits per heavy atom. The first-order valence-electron chi connectivity index (χ1n) is 5.60. The lowest BCUT2D eigenvalue weighted by Crippen LogP contribution is -2.35. The zero-order chi connectivity index (χ0) is 12.3. The number of carbonyl (C=O) groups excluding carboxylic acids is 1. The second kappa shape index (κ2) is 5.62. The maximum absolute atomic E-state index is 13.6. The van der Waals surface area contributed by atoms with Gasteiger partial charge in [0.1, 0.15) is 5.82 Å². The first-order valence-corrected chi connectivity index (χ1v) is 6.68. The molecule has 0 unspecified atom stereocenters. The van der Waals surface area contributed by atoms with Crippen LogP contribution in [0.3, 0.4) is 0 Å². The molecule has 0 saturated heterocycles. The summed E-state index contributed by atoms with van der Waals surface area (Å²) in [5.74, 6) is -0.793. The Morgan fingerprint density at radius 1 is 1.47 bits per heavy atom. The Hall–Kier alpha value is -0.910. The fourth-order valence-corrected chi connectivity index (χ4v) is 2.60. The molecule has 0 aliphatic heterocycles. The van der Waals surface area contributed by atoms with Gasteiger partial charge in [-0.1, -0.05) is 18.2 Å². The maximum Gasteiger partial charge on any atom is 0.255 e. The summed E-state index contributed by atoms with van der Waals surface area (Å²) in [4.78, 5) is 12.0. The molecule has 17 heavy (non-hydrogen) atoms. The van der Waals surface area contributed by atoms with E-state index in [9.17, 15) is 9.18 Å². The lowest BCUT2D eigenvalue weighted by Gasteiger charge is -2.18. The summed E-state index contributed by atoms with van der Waals surface area (Å²) in [5.41, 5.74) is 0.145. The second-order valence-corrected chi connectivity index (χ2v) is 5.20. The molecular weight excluding hydrogens is 332 g/mol. The molecule has 90 valence electrons. The fraction of sp³-hybridized carbons (Fsp3) is 0.308. The monoisotopic (exact) mass is 345 g/mol. The van der Waals surface area contributed by atoms with Crippen LogP contribution in [0.5, 0.6) is 0 Å². The average Bonchev–Trinajstić information content (AvgIpc) is 2.30. The molecule has 2 rings (SSSR count). The van der Waals surface area contributed by atoms with Gasteiger partial charge < -0.3 is 5.32 Å². The number of halogens is 2. The van der Waals surface area contributed by atoms with Gasteiger partial charge in [-0.15, -0.1) is 0 Å². The average molecular weight is 345 g/mol. The highest BCUT2D eigenvalue weighted by Crippen LogP contribution is 2.17. The summed E-state index contributed by atoms with van der Waals surface area (Å²) in [6.45, 7) is 0. The Kier molecular flexibility index (Phi) is 4.15. The zero-order valence-electron chi connectivity index (χ0n) is 9.25. The van der Waals surface area contributed by atoms with Crippen LogP contribution in [-0.4, -0.2) is 11.9 Å². The third-order valence-corrected chi connectivity index (χ3v) is 3.66. The largest absolute Gasteiger partial charge is 0.346 e. The maximum atomic E-state index is 13.6. The smallest absolute Gasteiger partial charge is 0.255 e. The first kappa shape index (κ1) is 12.5. The summed E-state index contributed by atoms with van der Waals surface area (Å²) in [6.07, 6.45) is 7.09. The molecule has 2 nitrogen and oxygen atoms in total. The zero-order valence-corrected chi connectivity index (χ0v) is 11.4. The number of amides is 1. The van der Waals surface area contributed by atoms with Crippen molar-refractivity contribution in [3.05, 3.63) is 45.3 Å². The number of benzene rings is 1. The first-order chi connectivity index (χ1) is 8.18. The van der Waals surface area contributed by atoms with Gasteiger partial charge in [0, 0.05) is 9.61 Å². The predicted molar refractivity (Wildman–Crippen MR) is 73.4 cm³/mol. The van der Waals surface area contributed by atoms with E-state index in [-0.39, 0.29) is 17.5 Å². The van der Waals surface area contributed by atoms with Gasteiger partial charge in [0.25, 0.3) is 5.91 Å². The molecular formula is C13H13FINO. The Bertz CT molecular complexity index is 438. The third kappa shape index (κ3) is 3.06. The third-order valence-electron chi connectivity index (χ3n) is 2.76. The molecule has 1 amide bonds. The van der Waals surface area contributed by atoms with Crippen LogP contribution >= 0.6 is 22.6 Å². The second-order valence-electron chi connectivity index (χ2n) is 4.04. The molecule has 0 fully saturated rings. The summed E-state index contributed by atoms with van der Waals surface area (Å²) in [6, 6.07) is 4.68. The minimum absolute atomic E-state index is 0.0339. The molecule has 1 atom stereocenters. The molecule has 1 N–H and O–H groups in total. The van der Waals surface area contributed by atoms with Crippen molar-refractivity contribution in [1.82, 2.24) is 5.32 Å². The van der Waals surface area contributed by atoms with Crippen molar-refractivity contribution in [2.45, 2.75) is 25.3 Å². The standard InChI is InChI=1S/C13H13FINO/c14-10-7-4-8-11(15)12(10)13(17)16-9-5-2-1-3-6-9/h2,4-5,7-9H,1,3,6H2,(H,16,17)/t9-/m0/s1. The number of carbonyl (C=O) groups is 1. The lowest BCUT2D eigenvalue weighted by molar-refractivity contribution is 0.0937. The molecule has 1 aromatic rings. The van der Waals surface area contributed by atoms with Crippen molar-refractivity contribution in [2.24, 2.45) is 0 Å². The number of nitrogens with one attached hydrogen (secondary N) is 1. The van der Waals surface area contributed by atoms with E-state index in [4.69, 9.17) is 0 Å². The van der Waals surface area contributed by atoms with E-state index in [0.717, 1.165) is 19.3 Å². The van der Waals surface area contributed by atoms with Crippen molar-refractivity contribution in [1.29, 1.82) is 0 Å². The van der Waals surface area contributed by atoms with Crippen LogP contribution in [0, 0.1) is 9.39 Å². The van der Waals surface area contributed by atoms with Crippen LogP contribution in [0.1, 0.15) is 29.6 Å². The summed E-state index contributed by atoms with van der Waals surface area (Å²) >= 11 is 1.98. The topological polar surface area (TPSA) is 29.1 Å². The van der Waals surface area contributed by atoms with Gasteiger partial charge in [-0.2, -0.15) is 0 Å². The van der Waals surface area contributed by atoms with Gasteiger partial charge in [0.2, 0.25) is 0 Å². The van der Waals surface area contributed by atoms with Gasteiger partial charge in [0.15, 0.2) is 0 Å². The van der Waals surface area contributed by atoms with Gasteiger partial charge in [-0.05, 0) is 54.0 Å². The summed E-state index contributed by atoms with van der Waals surface area (Å²) in [7, 11) is 0. The van der Waals surface area contributed by atoms with Crippen LogP contribution in [-0.2, 0) is 0 Å². The molecule has 0 heterocycles. The van der Waals surface area contributed by atoms with Gasteiger partial charge in [-0.3, -0.25) is 4.79 Å². The quantitative estimate of drug-likeness (QED) is 0.647. The number of hydrogen-bond donors (Lipinski definition) is 1. The van der Waals surface area contributed by atoms with Gasteiger partial charge >= 0.3 is 0 Å². The molecule has 0 saturated carbocycles. The molecule has 4 heteroatoms. The highest BCUT2D eigenvalue weighted by Gasteiger charge is 2.18. The highest BCUT2D eigenvalue weighted by atomic mass is 127. The van der Waals surface area contributed by atoms with Crippen LogP contribution in [0.15, 0.2) is 30.4 Å². The van der Waals surface area contributed by atoms with Gasteiger partial charge in [0.05, 0.1) is 5.56 Å². The molecule has 1 aliphatic carbocycles. The van der Waals surface area contributed by atoms with Crippen LogP contribution in [0.2, 0.25) is 0 Å². The molecule has 1 aromatic carbocycles. The van der Waals surface area contributed by atoms with Crippen LogP contribution < -0.4 is 5.32 Å². The molecule has 0 bridgehead atoms. The molecule has 1 aliphatic rings. The number of hydrogen-bond acceptors (Lipinski definition) is 1. The minimum Gasteiger partial charge on any atom is -0.346 e. The van der Waals surface area contributed by atoms with Crippen molar-refractivity contribution in [2.75, 3.05) is 0 Å². The Labute approximate surface area is 113 Å². The van der Waals surface area contributed by atoms with E-state index in [1.165, 1.54) is 6.07 Å². The van der Waals surface area contributed by atoms with Gasteiger partial charge in [-0.25, -0.2) is 4.39 Å². The van der Waals surface area contributed by atoms with E-state index in [1.807, 2.05) is 28.7 Å². The fourth-order valence-electron chi connectivity index (χ4n) is 1.89. The van der Waals surface area contributed by atoms with Crippen LogP contribution in [0.4, 0.5) is 4.39 Å². The number of allylic oxidation sites excluding steroid dienone is 1. The van der Waals surface area contributed by atoms with E-state index in [0.29, 0.717) is 3.57 Å². The lowest BCUT2D eigenvalue weighted by atomic mass is 10.0. The minimum atomic E-state index is -0.464. The normalized spacial score (nSPS) is 19.1.